The lowest BCUT2D eigenvalue weighted by molar-refractivity contribution is -0.127. The zero-order valence-electron chi connectivity index (χ0n) is 14.9. The number of rotatable bonds is 4. The van der Waals surface area contributed by atoms with Crippen LogP contribution in [-0.2, 0) is 9.59 Å². The second kappa shape index (κ2) is 7.67. The van der Waals surface area contributed by atoms with Gasteiger partial charge in [-0.25, -0.2) is 0 Å². The van der Waals surface area contributed by atoms with Crippen LogP contribution < -0.4 is 5.32 Å². The molecule has 2 aromatic rings. The Kier molecular flexibility index (Phi) is 5.32. The molecule has 1 heterocycles. The molecule has 27 heavy (non-hydrogen) atoms. The van der Waals surface area contributed by atoms with E-state index in [0.717, 1.165) is 27.8 Å². The summed E-state index contributed by atoms with van der Waals surface area (Å²) in [5.74, 6) is -0.831. The normalized spacial score (nSPS) is 15.5. The zero-order chi connectivity index (χ0) is 19.6. The summed E-state index contributed by atoms with van der Waals surface area (Å²) in [6.45, 7) is 3.57. The molecule has 1 saturated heterocycles. The summed E-state index contributed by atoms with van der Waals surface area (Å²) in [6.07, 6.45) is 1.56. The van der Waals surface area contributed by atoms with Gasteiger partial charge in [0.25, 0.3) is 11.1 Å². The van der Waals surface area contributed by atoms with E-state index in [-0.39, 0.29) is 17.2 Å². The van der Waals surface area contributed by atoms with E-state index in [1.807, 2.05) is 26.0 Å². The topological polar surface area (TPSA) is 86.7 Å². The lowest BCUT2D eigenvalue weighted by Crippen LogP contribution is -2.36. The van der Waals surface area contributed by atoms with Crippen molar-refractivity contribution in [3.63, 3.8) is 0 Å². The Hall–Kier alpha value is -3.06. The number of imide groups is 1. The SMILES string of the molecule is Cc1ccc(NC(=O)CN2C(=O)SC(=Cc3ccc(O)cc3)C2=O)cc1C. The number of hydrogen-bond acceptors (Lipinski definition) is 5. The Labute approximate surface area is 160 Å². The van der Waals surface area contributed by atoms with Crippen molar-refractivity contribution in [3.8, 4) is 5.75 Å². The first-order valence-corrected chi connectivity index (χ1v) is 9.06. The minimum Gasteiger partial charge on any atom is -0.508 e. The van der Waals surface area contributed by atoms with Crippen LogP contribution in [0, 0.1) is 13.8 Å². The number of nitrogens with zero attached hydrogens (tertiary/aromatic N) is 1. The molecule has 0 saturated carbocycles. The van der Waals surface area contributed by atoms with Gasteiger partial charge in [0.1, 0.15) is 12.3 Å². The molecule has 138 valence electrons. The summed E-state index contributed by atoms with van der Waals surface area (Å²) in [6, 6.07) is 11.8. The molecule has 2 N–H and O–H groups in total. The van der Waals surface area contributed by atoms with E-state index in [4.69, 9.17) is 0 Å². The van der Waals surface area contributed by atoms with E-state index in [1.54, 1.807) is 24.3 Å². The van der Waals surface area contributed by atoms with E-state index in [0.29, 0.717) is 11.3 Å². The molecule has 0 unspecified atom stereocenters. The predicted octanol–water partition coefficient (Wildman–Crippen LogP) is 3.68. The van der Waals surface area contributed by atoms with Crippen molar-refractivity contribution in [2.24, 2.45) is 0 Å². The number of aryl methyl sites for hydroxylation is 2. The Bertz CT molecular complexity index is 951. The van der Waals surface area contributed by atoms with Gasteiger partial charge in [-0.2, -0.15) is 0 Å². The maximum absolute atomic E-state index is 12.5. The number of hydrogen-bond donors (Lipinski definition) is 2. The summed E-state index contributed by atoms with van der Waals surface area (Å²) in [4.78, 5) is 38.0. The highest BCUT2D eigenvalue weighted by molar-refractivity contribution is 8.18. The van der Waals surface area contributed by atoms with Crippen LogP contribution in [0.15, 0.2) is 47.4 Å². The van der Waals surface area contributed by atoms with Gasteiger partial charge in [-0.15, -0.1) is 0 Å². The van der Waals surface area contributed by atoms with Gasteiger partial charge in [-0.1, -0.05) is 18.2 Å². The van der Waals surface area contributed by atoms with Crippen LogP contribution in [-0.4, -0.2) is 33.6 Å². The van der Waals surface area contributed by atoms with Gasteiger partial charge in [0.15, 0.2) is 0 Å². The highest BCUT2D eigenvalue weighted by Crippen LogP contribution is 2.32. The van der Waals surface area contributed by atoms with Crippen molar-refractivity contribution in [3.05, 3.63) is 64.1 Å². The number of phenols is 1. The highest BCUT2D eigenvalue weighted by Gasteiger charge is 2.36. The van der Waals surface area contributed by atoms with E-state index >= 15 is 0 Å². The van der Waals surface area contributed by atoms with Crippen molar-refractivity contribution in [1.29, 1.82) is 0 Å². The minimum atomic E-state index is -0.506. The average Bonchev–Trinajstić information content (AvgIpc) is 2.87. The molecule has 0 aromatic heterocycles. The lowest BCUT2D eigenvalue weighted by atomic mass is 10.1. The van der Waals surface area contributed by atoms with Crippen LogP contribution in [0.1, 0.15) is 16.7 Å². The highest BCUT2D eigenvalue weighted by atomic mass is 32.2. The Morgan fingerprint density at radius 2 is 1.81 bits per heavy atom. The monoisotopic (exact) mass is 382 g/mol. The first-order valence-electron chi connectivity index (χ1n) is 8.25. The summed E-state index contributed by atoms with van der Waals surface area (Å²) in [5.41, 5.74) is 3.45. The number of carbonyl (C=O) groups is 3. The van der Waals surface area contributed by atoms with E-state index in [2.05, 4.69) is 5.32 Å². The predicted molar refractivity (Wildman–Crippen MR) is 105 cm³/mol. The molecule has 6 nitrogen and oxygen atoms in total. The maximum Gasteiger partial charge on any atom is 0.294 e. The fourth-order valence-electron chi connectivity index (χ4n) is 2.52. The molecular weight excluding hydrogens is 364 g/mol. The molecule has 0 radical (unpaired) electrons. The first-order chi connectivity index (χ1) is 12.8. The third-order valence-electron chi connectivity index (χ3n) is 4.16. The average molecular weight is 382 g/mol. The number of nitrogens with one attached hydrogen (secondary N) is 1. The van der Waals surface area contributed by atoms with Crippen LogP contribution >= 0.6 is 11.8 Å². The molecule has 1 aliphatic rings. The Morgan fingerprint density at radius 3 is 2.48 bits per heavy atom. The number of phenolic OH excluding ortho intramolecular Hbond substituents is 1. The molecule has 3 amide bonds. The van der Waals surface area contributed by atoms with Crippen molar-refractivity contribution >= 4 is 40.6 Å². The Balaban J connectivity index is 1.68. The van der Waals surface area contributed by atoms with E-state index < -0.39 is 17.1 Å². The Morgan fingerprint density at radius 1 is 1.11 bits per heavy atom. The van der Waals surface area contributed by atoms with Crippen LogP contribution in [0.4, 0.5) is 10.5 Å². The van der Waals surface area contributed by atoms with Gasteiger partial charge in [0, 0.05) is 5.69 Å². The van der Waals surface area contributed by atoms with Crippen LogP contribution in [0.25, 0.3) is 6.08 Å². The van der Waals surface area contributed by atoms with Crippen molar-refractivity contribution in [2.45, 2.75) is 13.8 Å². The number of amides is 3. The van der Waals surface area contributed by atoms with Gasteiger partial charge >= 0.3 is 0 Å². The zero-order valence-corrected chi connectivity index (χ0v) is 15.7. The summed E-state index contributed by atoms with van der Waals surface area (Å²) in [5, 5.41) is 11.5. The fourth-order valence-corrected chi connectivity index (χ4v) is 3.36. The van der Waals surface area contributed by atoms with Gasteiger partial charge in [0.05, 0.1) is 4.91 Å². The molecule has 1 aliphatic heterocycles. The third-order valence-corrected chi connectivity index (χ3v) is 5.06. The van der Waals surface area contributed by atoms with Crippen molar-refractivity contribution in [1.82, 2.24) is 4.90 Å². The van der Waals surface area contributed by atoms with Gasteiger partial charge in [0.2, 0.25) is 5.91 Å². The smallest absolute Gasteiger partial charge is 0.294 e. The van der Waals surface area contributed by atoms with Gasteiger partial charge in [-0.05, 0) is 72.6 Å². The number of carbonyl (C=O) groups excluding carboxylic acids is 3. The number of benzene rings is 2. The fraction of sp³-hybridized carbons (Fsp3) is 0.150. The molecule has 2 aromatic carbocycles. The second-order valence-electron chi connectivity index (χ2n) is 6.21. The molecule has 7 heteroatoms. The van der Waals surface area contributed by atoms with Crippen molar-refractivity contribution in [2.75, 3.05) is 11.9 Å². The lowest BCUT2D eigenvalue weighted by Gasteiger charge is -2.13. The summed E-state index contributed by atoms with van der Waals surface area (Å²) in [7, 11) is 0. The third kappa shape index (κ3) is 4.38. The molecule has 0 atom stereocenters. The molecule has 0 bridgehead atoms. The maximum atomic E-state index is 12.5. The van der Waals surface area contributed by atoms with E-state index in [9.17, 15) is 19.5 Å². The number of thioether (sulfide) groups is 1. The summed E-state index contributed by atoms with van der Waals surface area (Å²) < 4.78 is 0. The largest absolute Gasteiger partial charge is 0.508 e. The van der Waals surface area contributed by atoms with Crippen molar-refractivity contribution < 1.29 is 19.5 Å². The second-order valence-corrected chi connectivity index (χ2v) is 7.20. The van der Waals surface area contributed by atoms with Gasteiger partial charge in [-0.3, -0.25) is 19.3 Å². The molecule has 1 fully saturated rings. The van der Waals surface area contributed by atoms with E-state index in [1.165, 1.54) is 12.1 Å². The molecular formula is C20H18N2O4S. The first kappa shape index (κ1) is 18.7. The molecule has 0 aliphatic carbocycles. The van der Waals surface area contributed by atoms with Crippen LogP contribution in [0.5, 0.6) is 5.75 Å². The van der Waals surface area contributed by atoms with Gasteiger partial charge < -0.3 is 10.4 Å². The number of aromatic hydroxyl groups is 1. The molecule has 0 spiro atoms. The molecule has 3 rings (SSSR count). The standard InChI is InChI=1S/C20H18N2O4S/c1-12-3-6-15(9-13(12)2)21-18(24)11-22-19(25)17(27-20(22)26)10-14-4-7-16(23)8-5-14/h3-10,23H,11H2,1-2H3,(H,21,24). The summed E-state index contributed by atoms with van der Waals surface area (Å²) >= 11 is 0.790. The van der Waals surface area contributed by atoms with Crippen LogP contribution in [0.2, 0.25) is 0 Å². The quantitative estimate of drug-likeness (QED) is 0.788. The number of anilines is 1. The van der Waals surface area contributed by atoms with Crippen LogP contribution in [0.3, 0.4) is 0 Å². The minimum absolute atomic E-state index is 0.114.